The van der Waals surface area contributed by atoms with E-state index in [2.05, 4.69) is 15.1 Å². The molecule has 0 saturated carbocycles. The van der Waals surface area contributed by atoms with Crippen molar-refractivity contribution in [1.82, 2.24) is 19.6 Å². The molecule has 0 fully saturated rings. The Bertz CT molecular complexity index is 1170. The average Bonchev–Trinajstić information content (AvgIpc) is 3.10. The van der Waals surface area contributed by atoms with E-state index in [0.29, 0.717) is 35.0 Å². The summed E-state index contributed by atoms with van der Waals surface area (Å²) in [7, 11) is 0. The van der Waals surface area contributed by atoms with Crippen LogP contribution in [0.5, 0.6) is 0 Å². The molecular weight excluding hydrogens is 360 g/mol. The molecule has 0 radical (unpaired) electrons. The fourth-order valence-electron chi connectivity index (χ4n) is 3.59. The van der Waals surface area contributed by atoms with Crippen LogP contribution < -0.4 is 0 Å². The molecule has 1 atom stereocenters. The number of nitrogens with zero attached hydrogens (tertiary/aromatic N) is 4. The Morgan fingerprint density at radius 3 is 2.67 bits per heavy atom. The van der Waals surface area contributed by atoms with Crippen molar-refractivity contribution in [3.8, 4) is 11.4 Å². The molecule has 0 aliphatic heterocycles. The summed E-state index contributed by atoms with van der Waals surface area (Å²) >= 11 is 6.12. The maximum absolute atomic E-state index is 12.7. The average molecular weight is 375 g/mol. The van der Waals surface area contributed by atoms with Gasteiger partial charge in [-0.15, -0.1) is 5.10 Å². The lowest BCUT2D eigenvalue weighted by atomic mass is 9.82. The van der Waals surface area contributed by atoms with Gasteiger partial charge < -0.3 is 0 Å². The minimum absolute atomic E-state index is 0.0763. The molecule has 1 aliphatic rings. The standard InChI is InChI=1S/C21H15ClN4O/c22-16-8-4-7-14(9-16)15-10-18-17(19(27)11-15)12-26-21(23-18)24-20(25-26)13-5-2-1-3-6-13/h1-9,12,15H,10-11H2/t15-/m0/s1. The zero-order valence-electron chi connectivity index (χ0n) is 14.3. The predicted molar refractivity (Wildman–Crippen MR) is 103 cm³/mol. The van der Waals surface area contributed by atoms with Crippen molar-refractivity contribution < 1.29 is 4.79 Å². The summed E-state index contributed by atoms with van der Waals surface area (Å²) in [6, 6.07) is 17.4. The molecule has 0 amide bonds. The number of ketones is 1. The third-order valence-corrected chi connectivity index (χ3v) is 5.17. The zero-order chi connectivity index (χ0) is 18.4. The van der Waals surface area contributed by atoms with Crippen LogP contribution in [-0.4, -0.2) is 25.4 Å². The molecule has 0 spiro atoms. The van der Waals surface area contributed by atoms with Crippen LogP contribution in [0.3, 0.4) is 0 Å². The van der Waals surface area contributed by atoms with E-state index >= 15 is 0 Å². The molecule has 2 heterocycles. The smallest absolute Gasteiger partial charge is 0.252 e. The van der Waals surface area contributed by atoms with Gasteiger partial charge in [-0.1, -0.05) is 54.1 Å². The highest BCUT2D eigenvalue weighted by Crippen LogP contribution is 2.33. The van der Waals surface area contributed by atoms with Crippen LogP contribution in [0.1, 0.15) is 34.0 Å². The molecule has 2 aromatic carbocycles. The van der Waals surface area contributed by atoms with E-state index in [1.807, 2.05) is 54.6 Å². The Morgan fingerprint density at radius 2 is 1.85 bits per heavy atom. The Morgan fingerprint density at radius 1 is 1.00 bits per heavy atom. The van der Waals surface area contributed by atoms with Crippen molar-refractivity contribution in [2.45, 2.75) is 18.8 Å². The molecule has 0 N–H and O–H groups in total. The third-order valence-electron chi connectivity index (χ3n) is 4.93. The van der Waals surface area contributed by atoms with E-state index in [1.165, 1.54) is 0 Å². The molecule has 132 valence electrons. The lowest BCUT2D eigenvalue weighted by Crippen LogP contribution is -2.21. The summed E-state index contributed by atoms with van der Waals surface area (Å²) in [4.78, 5) is 21.9. The van der Waals surface area contributed by atoms with Crippen LogP contribution in [-0.2, 0) is 6.42 Å². The quantitative estimate of drug-likeness (QED) is 0.523. The lowest BCUT2D eigenvalue weighted by molar-refractivity contribution is 0.0962. The highest BCUT2D eigenvalue weighted by atomic mass is 35.5. The second kappa shape index (κ2) is 6.28. The van der Waals surface area contributed by atoms with Crippen LogP contribution in [0.4, 0.5) is 0 Å². The molecule has 2 aromatic heterocycles. The molecule has 5 nitrogen and oxygen atoms in total. The number of aromatic nitrogens is 4. The van der Waals surface area contributed by atoms with E-state index in [1.54, 1.807) is 10.7 Å². The van der Waals surface area contributed by atoms with E-state index < -0.39 is 0 Å². The van der Waals surface area contributed by atoms with Gasteiger partial charge in [-0.3, -0.25) is 4.79 Å². The van der Waals surface area contributed by atoms with E-state index in [9.17, 15) is 4.79 Å². The number of rotatable bonds is 2. The first kappa shape index (κ1) is 16.1. The second-order valence-corrected chi connectivity index (χ2v) is 7.17. The van der Waals surface area contributed by atoms with Gasteiger partial charge in [0.2, 0.25) is 0 Å². The lowest BCUT2D eigenvalue weighted by Gasteiger charge is -2.23. The van der Waals surface area contributed by atoms with Crippen LogP contribution in [0.2, 0.25) is 5.02 Å². The Labute approximate surface area is 160 Å². The Kier molecular flexibility index (Phi) is 3.76. The molecule has 0 bridgehead atoms. The van der Waals surface area contributed by atoms with Gasteiger partial charge in [-0.25, -0.2) is 9.50 Å². The van der Waals surface area contributed by atoms with E-state index in [4.69, 9.17) is 11.6 Å². The summed E-state index contributed by atoms with van der Waals surface area (Å²) in [5.74, 6) is 1.26. The fraction of sp³-hybridized carbons (Fsp3) is 0.143. The summed E-state index contributed by atoms with van der Waals surface area (Å²) in [5, 5.41) is 5.17. The van der Waals surface area contributed by atoms with Gasteiger partial charge in [0.15, 0.2) is 11.6 Å². The first-order valence-electron chi connectivity index (χ1n) is 8.78. The molecule has 1 aliphatic carbocycles. The van der Waals surface area contributed by atoms with Gasteiger partial charge in [0, 0.05) is 23.2 Å². The predicted octanol–water partition coefficient (Wildman–Crippen LogP) is 4.36. The van der Waals surface area contributed by atoms with Crippen molar-refractivity contribution >= 4 is 23.2 Å². The highest BCUT2D eigenvalue weighted by molar-refractivity contribution is 6.30. The van der Waals surface area contributed by atoms with Crippen LogP contribution in [0.25, 0.3) is 17.2 Å². The molecule has 5 rings (SSSR count). The third kappa shape index (κ3) is 2.90. The molecule has 6 heteroatoms. The first-order valence-corrected chi connectivity index (χ1v) is 9.15. The number of carbonyl (C=O) groups is 1. The van der Waals surface area contributed by atoms with Crippen molar-refractivity contribution in [3.63, 3.8) is 0 Å². The molecule has 4 aromatic rings. The monoisotopic (exact) mass is 374 g/mol. The van der Waals surface area contributed by atoms with Gasteiger partial charge in [-0.2, -0.15) is 4.98 Å². The zero-order valence-corrected chi connectivity index (χ0v) is 15.1. The number of hydrogen-bond donors (Lipinski definition) is 0. The minimum atomic E-state index is 0.0763. The first-order chi connectivity index (χ1) is 13.2. The Balaban J connectivity index is 1.56. The number of benzene rings is 2. The Hall–Kier alpha value is -3.05. The minimum Gasteiger partial charge on any atom is -0.294 e. The second-order valence-electron chi connectivity index (χ2n) is 6.73. The maximum atomic E-state index is 12.7. The number of hydrogen-bond acceptors (Lipinski definition) is 4. The summed E-state index contributed by atoms with van der Waals surface area (Å²) in [6.45, 7) is 0. The van der Waals surface area contributed by atoms with Gasteiger partial charge in [0.25, 0.3) is 5.78 Å². The van der Waals surface area contributed by atoms with Gasteiger partial charge in [0.05, 0.1) is 11.3 Å². The van der Waals surface area contributed by atoms with Crippen molar-refractivity contribution in [1.29, 1.82) is 0 Å². The van der Waals surface area contributed by atoms with Crippen LogP contribution >= 0.6 is 11.6 Å². The van der Waals surface area contributed by atoms with Gasteiger partial charge >= 0.3 is 0 Å². The number of halogens is 1. The summed E-state index contributed by atoms with van der Waals surface area (Å²) < 4.78 is 1.60. The topological polar surface area (TPSA) is 60.2 Å². The molecule has 27 heavy (non-hydrogen) atoms. The number of fused-ring (bicyclic) bond motifs is 2. The van der Waals surface area contributed by atoms with E-state index in [-0.39, 0.29) is 11.7 Å². The number of Topliss-reactive ketones (excluding diaryl/α,β-unsaturated/α-hetero) is 1. The van der Waals surface area contributed by atoms with Crippen LogP contribution in [0.15, 0.2) is 60.8 Å². The summed E-state index contributed by atoms with van der Waals surface area (Å²) in [5.41, 5.74) is 3.39. The molecular formula is C21H15ClN4O. The van der Waals surface area contributed by atoms with Crippen molar-refractivity contribution in [2.75, 3.05) is 0 Å². The molecule has 0 saturated heterocycles. The van der Waals surface area contributed by atoms with Crippen molar-refractivity contribution in [2.24, 2.45) is 0 Å². The fourth-order valence-corrected chi connectivity index (χ4v) is 3.79. The maximum Gasteiger partial charge on any atom is 0.252 e. The summed E-state index contributed by atoms with van der Waals surface area (Å²) in [6.07, 6.45) is 2.89. The van der Waals surface area contributed by atoms with E-state index in [0.717, 1.165) is 16.8 Å². The largest absolute Gasteiger partial charge is 0.294 e. The molecule has 0 unspecified atom stereocenters. The van der Waals surface area contributed by atoms with Crippen LogP contribution in [0, 0.1) is 0 Å². The van der Waals surface area contributed by atoms with Crippen molar-refractivity contribution in [3.05, 3.63) is 82.6 Å². The number of carbonyl (C=O) groups excluding carboxylic acids is 1. The van der Waals surface area contributed by atoms with Gasteiger partial charge in [-0.05, 0) is 30.0 Å². The highest BCUT2D eigenvalue weighted by Gasteiger charge is 2.28. The normalized spacial score (nSPS) is 16.5. The SMILES string of the molecule is O=C1C[C@@H](c2cccc(Cl)c2)Cc2nc3nc(-c4ccccc4)nn3cc21. The van der Waals surface area contributed by atoms with Gasteiger partial charge in [0.1, 0.15) is 0 Å².